The fourth-order valence-electron chi connectivity index (χ4n) is 1.90. The van der Waals surface area contributed by atoms with Gasteiger partial charge in [0.2, 0.25) is 10.0 Å². The maximum Gasteiger partial charge on any atom is 0.402 e. The minimum absolute atomic E-state index is 0.0690. The lowest BCUT2D eigenvalue weighted by Crippen LogP contribution is -2.40. The number of hydrogen-bond acceptors (Lipinski definition) is 2. The van der Waals surface area contributed by atoms with Crippen molar-refractivity contribution in [3.63, 3.8) is 0 Å². The van der Waals surface area contributed by atoms with Crippen molar-refractivity contribution in [2.24, 2.45) is 0 Å². The molecule has 0 saturated heterocycles. The molecule has 0 amide bonds. The molecule has 21 heavy (non-hydrogen) atoms. The molecule has 0 aliphatic heterocycles. The lowest BCUT2D eigenvalue weighted by atomic mass is 10.2. The van der Waals surface area contributed by atoms with Crippen LogP contribution in [0, 0.1) is 5.82 Å². The van der Waals surface area contributed by atoms with Crippen molar-refractivity contribution in [3.8, 4) is 0 Å². The van der Waals surface area contributed by atoms with Gasteiger partial charge in [-0.25, -0.2) is 12.8 Å². The number of nitrogens with zero attached hydrogens (tertiary/aromatic N) is 1. The highest BCUT2D eigenvalue weighted by Gasteiger charge is 2.44. The van der Waals surface area contributed by atoms with E-state index in [0.717, 1.165) is 18.2 Å². The van der Waals surface area contributed by atoms with Gasteiger partial charge in [-0.3, -0.25) is 0 Å². The first-order valence-electron chi connectivity index (χ1n) is 6.08. The molecular formula is C12H12ClF4NO2S. The highest BCUT2D eigenvalue weighted by Crippen LogP contribution is 2.35. The summed E-state index contributed by atoms with van der Waals surface area (Å²) in [6.45, 7) is -1.55. The zero-order chi connectivity index (χ0) is 15.8. The normalized spacial score (nSPS) is 16.5. The van der Waals surface area contributed by atoms with E-state index in [-0.39, 0.29) is 16.3 Å². The van der Waals surface area contributed by atoms with E-state index in [1.165, 1.54) is 0 Å². The van der Waals surface area contributed by atoms with Crippen molar-refractivity contribution >= 4 is 21.6 Å². The molecule has 2 rings (SSSR count). The molecule has 0 aromatic heterocycles. The molecular weight excluding hydrogens is 334 g/mol. The van der Waals surface area contributed by atoms with Gasteiger partial charge >= 0.3 is 6.18 Å². The number of benzene rings is 1. The molecule has 1 aromatic rings. The van der Waals surface area contributed by atoms with Gasteiger partial charge in [-0.15, -0.1) is 11.6 Å². The Morgan fingerprint density at radius 1 is 1.29 bits per heavy atom. The van der Waals surface area contributed by atoms with Crippen LogP contribution in [-0.2, 0) is 15.9 Å². The average Bonchev–Trinajstić information content (AvgIpc) is 3.19. The first-order chi connectivity index (χ1) is 9.65. The zero-order valence-electron chi connectivity index (χ0n) is 10.7. The molecule has 0 radical (unpaired) electrons. The summed E-state index contributed by atoms with van der Waals surface area (Å²) >= 11 is 5.49. The largest absolute Gasteiger partial charge is 0.402 e. The highest BCUT2D eigenvalue weighted by molar-refractivity contribution is 7.89. The van der Waals surface area contributed by atoms with Crippen LogP contribution in [0.25, 0.3) is 0 Å². The van der Waals surface area contributed by atoms with Crippen molar-refractivity contribution in [1.82, 2.24) is 4.31 Å². The van der Waals surface area contributed by atoms with E-state index in [1.807, 2.05) is 0 Å². The molecule has 1 fully saturated rings. The maximum absolute atomic E-state index is 13.3. The van der Waals surface area contributed by atoms with Crippen LogP contribution in [0.5, 0.6) is 0 Å². The molecule has 0 heterocycles. The fourth-order valence-corrected chi connectivity index (χ4v) is 3.83. The van der Waals surface area contributed by atoms with Gasteiger partial charge in [0.1, 0.15) is 12.4 Å². The van der Waals surface area contributed by atoms with Gasteiger partial charge in [0.05, 0.1) is 10.8 Å². The smallest absolute Gasteiger partial charge is 0.207 e. The molecule has 0 bridgehead atoms. The molecule has 118 valence electrons. The molecule has 1 saturated carbocycles. The van der Waals surface area contributed by atoms with Crippen LogP contribution < -0.4 is 0 Å². The number of alkyl halides is 4. The first-order valence-corrected chi connectivity index (χ1v) is 8.05. The second-order valence-electron chi connectivity index (χ2n) is 4.78. The fraction of sp³-hybridized carbons (Fsp3) is 0.500. The van der Waals surface area contributed by atoms with Crippen molar-refractivity contribution in [2.45, 2.75) is 35.8 Å². The zero-order valence-corrected chi connectivity index (χ0v) is 12.3. The molecule has 0 atom stereocenters. The number of sulfonamides is 1. The number of hydrogen-bond donors (Lipinski definition) is 0. The van der Waals surface area contributed by atoms with Crippen molar-refractivity contribution in [3.05, 3.63) is 29.6 Å². The topological polar surface area (TPSA) is 37.4 Å². The van der Waals surface area contributed by atoms with E-state index >= 15 is 0 Å². The summed E-state index contributed by atoms with van der Waals surface area (Å²) in [5.41, 5.74) is -0.0690. The molecule has 0 N–H and O–H groups in total. The monoisotopic (exact) mass is 345 g/mol. The lowest BCUT2D eigenvalue weighted by Gasteiger charge is -2.23. The van der Waals surface area contributed by atoms with Gasteiger partial charge in [-0.05, 0) is 31.0 Å². The summed E-state index contributed by atoms with van der Waals surface area (Å²) < 4.78 is 76.1. The highest BCUT2D eigenvalue weighted by atomic mass is 35.5. The maximum atomic E-state index is 13.3. The summed E-state index contributed by atoms with van der Waals surface area (Å²) in [5, 5.41) is 0. The van der Waals surface area contributed by atoms with Crippen molar-refractivity contribution in [2.75, 3.05) is 6.54 Å². The third-order valence-electron chi connectivity index (χ3n) is 3.06. The second-order valence-corrected chi connectivity index (χ2v) is 6.94. The van der Waals surface area contributed by atoms with Crippen LogP contribution in [0.15, 0.2) is 23.1 Å². The van der Waals surface area contributed by atoms with Crippen molar-refractivity contribution < 1.29 is 26.0 Å². The van der Waals surface area contributed by atoms with E-state index in [2.05, 4.69) is 0 Å². The Bertz CT molecular complexity index is 629. The quantitative estimate of drug-likeness (QED) is 0.606. The van der Waals surface area contributed by atoms with E-state index < -0.39 is 34.6 Å². The van der Waals surface area contributed by atoms with Gasteiger partial charge in [-0.1, -0.05) is 0 Å². The van der Waals surface area contributed by atoms with Gasteiger partial charge in [-0.2, -0.15) is 17.5 Å². The molecule has 9 heteroatoms. The van der Waals surface area contributed by atoms with Crippen LogP contribution in [0.2, 0.25) is 0 Å². The Hall–Kier alpha value is -0.860. The molecule has 1 aliphatic carbocycles. The molecule has 0 unspecified atom stereocenters. The van der Waals surface area contributed by atoms with E-state index in [1.54, 1.807) is 0 Å². The third kappa shape index (κ3) is 3.87. The number of rotatable bonds is 5. The Morgan fingerprint density at radius 3 is 2.38 bits per heavy atom. The lowest BCUT2D eigenvalue weighted by molar-refractivity contribution is -0.137. The minimum atomic E-state index is -4.63. The summed E-state index contributed by atoms with van der Waals surface area (Å²) in [5.74, 6) is -0.963. The molecule has 0 spiro atoms. The summed E-state index contributed by atoms with van der Waals surface area (Å²) in [6.07, 6.45) is -3.86. The number of halogens is 5. The van der Waals surface area contributed by atoms with Crippen molar-refractivity contribution in [1.29, 1.82) is 0 Å². The molecule has 1 aliphatic rings. The third-order valence-corrected chi connectivity index (χ3v) is 5.24. The van der Waals surface area contributed by atoms with Crippen LogP contribution in [0.1, 0.15) is 18.4 Å². The Labute approximate surface area is 124 Å². The van der Waals surface area contributed by atoms with Gasteiger partial charge in [0, 0.05) is 11.6 Å². The first kappa shape index (κ1) is 16.5. The van der Waals surface area contributed by atoms with Crippen LogP contribution >= 0.6 is 11.6 Å². The Balaban J connectivity index is 2.39. The standard InChI is InChI=1S/C12H12ClF4NO2S/c13-6-8-5-10(3-4-11(8)14)21(19,20)18(9-1-2-9)7-12(15,16)17/h3-5,9H,1-2,6-7H2. The molecule has 3 nitrogen and oxygen atoms in total. The predicted molar refractivity (Wildman–Crippen MR) is 68.9 cm³/mol. The SMILES string of the molecule is O=S(=O)(c1ccc(F)c(CCl)c1)N(CC(F)(F)F)C1CC1. The van der Waals surface area contributed by atoms with E-state index in [9.17, 15) is 26.0 Å². The van der Waals surface area contributed by atoms with Gasteiger partial charge in [0.15, 0.2) is 0 Å². The van der Waals surface area contributed by atoms with Gasteiger partial charge in [0.25, 0.3) is 0 Å². The Morgan fingerprint density at radius 2 is 1.90 bits per heavy atom. The predicted octanol–water partition coefficient (Wildman–Crippen LogP) is 3.28. The molecule has 1 aromatic carbocycles. The second kappa shape index (κ2) is 5.73. The van der Waals surface area contributed by atoms with E-state index in [0.29, 0.717) is 17.1 Å². The summed E-state index contributed by atoms with van der Waals surface area (Å²) in [7, 11) is -4.33. The minimum Gasteiger partial charge on any atom is -0.207 e. The Kier molecular flexibility index (Phi) is 4.51. The summed E-state index contributed by atoms with van der Waals surface area (Å²) in [4.78, 5) is -0.379. The van der Waals surface area contributed by atoms with Crippen LogP contribution in [0.3, 0.4) is 0 Å². The van der Waals surface area contributed by atoms with E-state index in [4.69, 9.17) is 11.6 Å². The van der Waals surface area contributed by atoms with Gasteiger partial charge < -0.3 is 0 Å². The van der Waals surface area contributed by atoms with Crippen LogP contribution in [-0.4, -0.2) is 31.5 Å². The average molecular weight is 346 g/mol. The van der Waals surface area contributed by atoms with Crippen LogP contribution in [0.4, 0.5) is 17.6 Å². The summed E-state index contributed by atoms with van der Waals surface area (Å²) in [6, 6.07) is 2.17.